The Labute approximate surface area is 115 Å². The van der Waals surface area contributed by atoms with Gasteiger partial charge in [0.25, 0.3) is 5.91 Å². The molecule has 4 nitrogen and oxygen atoms in total. The number of amides is 1. The highest BCUT2D eigenvalue weighted by atomic mass is 16.5. The number of aryl methyl sites for hydroxylation is 2. The Morgan fingerprint density at radius 3 is 2.42 bits per heavy atom. The minimum Gasteiger partial charge on any atom is -0.496 e. The number of methoxy groups -OCH3 is 1. The summed E-state index contributed by atoms with van der Waals surface area (Å²) < 4.78 is 5.48. The van der Waals surface area contributed by atoms with Gasteiger partial charge in [-0.2, -0.15) is 0 Å². The lowest BCUT2D eigenvalue weighted by atomic mass is 9.98. The van der Waals surface area contributed by atoms with Crippen LogP contribution in [-0.2, 0) is 11.3 Å². The van der Waals surface area contributed by atoms with Crippen LogP contribution in [0.4, 0.5) is 0 Å². The van der Waals surface area contributed by atoms with Gasteiger partial charge in [-0.1, -0.05) is 6.07 Å². The molecular weight excluding hydrogens is 242 g/mol. The zero-order valence-corrected chi connectivity index (χ0v) is 12.6. The van der Waals surface area contributed by atoms with Crippen LogP contribution in [0.3, 0.4) is 0 Å². The van der Waals surface area contributed by atoms with Gasteiger partial charge in [0.15, 0.2) is 0 Å². The van der Waals surface area contributed by atoms with Crippen LogP contribution < -0.4 is 4.74 Å². The number of ether oxygens (including phenoxy) is 1. The number of aliphatic hydroxyl groups excluding tert-OH is 1. The molecule has 0 saturated heterocycles. The van der Waals surface area contributed by atoms with Crippen molar-refractivity contribution in [2.75, 3.05) is 14.2 Å². The second-order valence-electron chi connectivity index (χ2n) is 5.02. The molecule has 0 aliphatic heterocycles. The summed E-state index contributed by atoms with van der Waals surface area (Å²) in [5, 5.41) is 9.34. The van der Waals surface area contributed by atoms with E-state index in [0.717, 1.165) is 22.4 Å². The number of nitrogens with zero attached hydrogens (tertiary/aromatic N) is 1. The predicted molar refractivity (Wildman–Crippen MR) is 75.4 cm³/mol. The first-order valence-electron chi connectivity index (χ1n) is 6.36. The summed E-state index contributed by atoms with van der Waals surface area (Å²) in [6.07, 6.45) is -0.983. The Morgan fingerprint density at radius 2 is 1.95 bits per heavy atom. The molecule has 1 amide bonds. The summed E-state index contributed by atoms with van der Waals surface area (Å²) in [6, 6.07) is 2.09. The maximum atomic E-state index is 11.7. The van der Waals surface area contributed by atoms with Gasteiger partial charge in [-0.05, 0) is 44.4 Å². The quantitative estimate of drug-likeness (QED) is 0.905. The molecule has 0 spiro atoms. The van der Waals surface area contributed by atoms with Crippen molar-refractivity contribution in [1.82, 2.24) is 4.90 Å². The Hall–Kier alpha value is -1.55. The molecule has 1 N–H and O–H groups in total. The standard InChI is InChI=1S/C15H23NO3/c1-9-7-10(2)13(14(19-6)11(9)3)8-16(5)15(18)12(4)17/h7,12,17H,8H2,1-6H3. The van der Waals surface area contributed by atoms with Crippen molar-refractivity contribution in [3.63, 3.8) is 0 Å². The average molecular weight is 265 g/mol. The Morgan fingerprint density at radius 1 is 1.37 bits per heavy atom. The molecule has 4 heteroatoms. The van der Waals surface area contributed by atoms with Crippen molar-refractivity contribution in [3.05, 3.63) is 28.3 Å². The van der Waals surface area contributed by atoms with Crippen molar-refractivity contribution in [2.45, 2.75) is 40.3 Å². The second-order valence-corrected chi connectivity index (χ2v) is 5.02. The van der Waals surface area contributed by atoms with E-state index in [1.165, 1.54) is 17.4 Å². The first-order valence-corrected chi connectivity index (χ1v) is 6.36. The largest absolute Gasteiger partial charge is 0.496 e. The van der Waals surface area contributed by atoms with Gasteiger partial charge >= 0.3 is 0 Å². The van der Waals surface area contributed by atoms with E-state index in [1.807, 2.05) is 20.8 Å². The smallest absolute Gasteiger partial charge is 0.251 e. The molecule has 106 valence electrons. The van der Waals surface area contributed by atoms with Crippen molar-refractivity contribution in [2.24, 2.45) is 0 Å². The number of carbonyl (C=O) groups excluding carboxylic acids is 1. The van der Waals surface area contributed by atoms with Gasteiger partial charge in [-0.15, -0.1) is 0 Å². The van der Waals surface area contributed by atoms with Crippen molar-refractivity contribution in [1.29, 1.82) is 0 Å². The molecule has 1 atom stereocenters. The van der Waals surface area contributed by atoms with Crippen LogP contribution in [0.25, 0.3) is 0 Å². The SMILES string of the molecule is COc1c(C)c(C)cc(C)c1CN(C)C(=O)C(C)O. The topological polar surface area (TPSA) is 49.8 Å². The highest BCUT2D eigenvalue weighted by Gasteiger charge is 2.19. The van der Waals surface area contributed by atoms with Crippen LogP contribution in [-0.4, -0.2) is 36.2 Å². The molecule has 1 unspecified atom stereocenters. The van der Waals surface area contributed by atoms with E-state index < -0.39 is 6.10 Å². The lowest BCUT2D eigenvalue weighted by molar-refractivity contribution is -0.138. The van der Waals surface area contributed by atoms with Gasteiger partial charge in [-0.25, -0.2) is 0 Å². The van der Waals surface area contributed by atoms with Crippen LogP contribution >= 0.6 is 0 Å². The van der Waals surface area contributed by atoms with Gasteiger partial charge in [-0.3, -0.25) is 4.79 Å². The Balaban J connectivity index is 3.14. The van der Waals surface area contributed by atoms with E-state index in [1.54, 1.807) is 14.2 Å². The number of rotatable bonds is 4. The van der Waals surface area contributed by atoms with Gasteiger partial charge in [0.05, 0.1) is 7.11 Å². The Kier molecular flexibility index (Phi) is 4.95. The summed E-state index contributed by atoms with van der Waals surface area (Å²) in [5.74, 6) is 0.530. The summed E-state index contributed by atoms with van der Waals surface area (Å²) in [6.45, 7) is 7.96. The fourth-order valence-corrected chi connectivity index (χ4v) is 2.21. The van der Waals surface area contributed by atoms with Crippen LogP contribution in [0, 0.1) is 20.8 Å². The van der Waals surface area contributed by atoms with E-state index in [2.05, 4.69) is 6.07 Å². The molecule has 0 radical (unpaired) electrons. The fourth-order valence-electron chi connectivity index (χ4n) is 2.21. The first-order chi connectivity index (χ1) is 8.79. The number of hydrogen-bond donors (Lipinski definition) is 1. The minimum atomic E-state index is -0.983. The van der Waals surface area contributed by atoms with Gasteiger partial charge in [0, 0.05) is 19.2 Å². The van der Waals surface area contributed by atoms with E-state index >= 15 is 0 Å². The normalized spacial score (nSPS) is 12.2. The molecule has 0 aliphatic rings. The monoisotopic (exact) mass is 265 g/mol. The molecule has 0 aromatic heterocycles. The summed E-state index contributed by atoms with van der Waals surface area (Å²) in [5.41, 5.74) is 4.33. The number of carbonyl (C=O) groups is 1. The lowest BCUT2D eigenvalue weighted by Gasteiger charge is -2.23. The minimum absolute atomic E-state index is 0.292. The lowest BCUT2D eigenvalue weighted by Crippen LogP contribution is -2.34. The molecule has 1 rings (SSSR count). The number of likely N-dealkylation sites (N-methyl/N-ethyl adjacent to an activating group) is 1. The average Bonchev–Trinajstić information content (AvgIpc) is 2.35. The highest BCUT2D eigenvalue weighted by molar-refractivity contribution is 5.80. The van der Waals surface area contributed by atoms with Crippen LogP contribution in [0.1, 0.15) is 29.2 Å². The van der Waals surface area contributed by atoms with Crippen LogP contribution in [0.5, 0.6) is 5.75 Å². The van der Waals surface area contributed by atoms with E-state index in [-0.39, 0.29) is 5.91 Å². The number of benzene rings is 1. The van der Waals surface area contributed by atoms with Gasteiger partial charge in [0.2, 0.25) is 0 Å². The maximum Gasteiger partial charge on any atom is 0.251 e. The van der Waals surface area contributed by atoms with E-state index in [9.17, 15) is 9.90 Å². The third-order valence-electron chi connectivity index (χ3n) is 3.45. The second kappa shape index (κ2) is 6.06. The Bertz CT molecular complexity index is 481. The van der Waals surface area contributed by atoms with E-state index in [0.29, 0.717) is 6.54 Å². The third kappa shape index (κ3) is 3.26. The zero-order chi connectivity index (χ0) is 14.7. The molecule has 0 aliphatic carbocycles. The van der Waals surface area contributed by atoms with Crippen molar-refractivity contribution in [3.8, 4) is 5.75 Å². The first kappa shape index (κ1) is 15.5. The molecule has 1 aromatic carbocycles. The summed E-state index contributed by atoms with van der Waals surface area (Å²) in [4.78, 5) is 13.3. The predicted octanol–water partition coefficient (Wildman–Crippen LogP) is 1.96. The van der Waals surface area contributed by atoms with Gasteiger partial charge in [0.1, 0.15) is 11.9 Å². The van der Waals surface area contributed by atoms with Crippen LogP contribution in [0.15, 0.2) is 6.07 Å². The summed E-state index contributed by atoms with van der Waals surface area (Å²) >= 11 is 0. The molecule has 1 aromatic rings. The van der Waals surface area contributed by atoms with Crippen molar-refractivity contribution >= 4 is 5.91 Å². The third-order valence-corrected chi connectivity index (χ3v) is 3.45. The zero-order valence-electron chi connectivity index (χ0n) is 12.6. The number of aliphatic hydroxyl groups is 1. The molecule has 19 heavy (non-hydrogen) atoms. The maximum absolute atomic E-state index is 11.7. The van der Waals surface area contributed by atoms with Crippen molar-refractivity contribution < 1.29 is 14.6 Å². The molecule has 0 heterocycles. The highest BCUT2D eigenvalue weighted by Crippen LogP contribution is 2.30. The fraction of sp³-hybridized carbons (Fsp3) is 0.533. The molecule has 0 fully saturated rings. The molecular formula is C15H23NO3. The molecule has 0 bridgehead atoms. The summed E-state index contributed by atoms with van der Waals surface area (Å²) in [7, 11) is 3.32. The number of hydrogen-bond acceptors (Lipinski definition) is 3. The van der Waals surface area contributed by atoms with Gasteiger partial charge < -0.3 is 14.7 Å². The van der Waals surface area contributed by atoms with Crippen LogP contribution in [0.2, 0.25) is 0 Å². The molecule has 0 saturated carbocycles. The van der Waals surface area contributed by atoms with E-state index in [4.69, 9.17) is 4.74 Å².